The summed E-state index contributed by atoms with van der Waals surface area (Å²) >= 11 is 0. The minimum absolute atomic E-state index is 0.375. The molecular formula is C9H18N2O3. The fourth-order valence-electron chi connectivity index (χ4n) is 2.03. The van der Waals surface area contributed by atoms with E-state index >= 15 is 0 Å². The average molecular weight is 202 g/mol. The number of rotatable bonds is 1. The average Bonchev–Trinajstić information content (AvgIpc) is 2.12. The van der Waals surface area contributed by atoms with Crippen LogP contribution < -0.4 is 5.73 Å². The predicted molar refractivity (Wildman–Crippen MR) is 50.9 cm³/mol. The molecule has 0 radical (unpaired) electrons. The molecule has 1 saturated heterocycles. The van der Waals surface area contributed by atoms with Crippen LogP contribution >= 0.6 is 0 Å². The molecule has 1 aliphatic rings. The number of primary amides is 1. The highest BCUT2D eigenvalue weighted by molar-refractivity contribution is 5.65. The van der Waals surface area contributed by atoms with Crippen LogP contribution in [0.1, 0.15) is 34.1 Å². The number of nitrogens with two attached hydrogens (primary N) is 1. The highest BCUT2D eigenvalue weighted by Gasteiger charge is 2.53. The molecule has 0 bridgehead atoms. The van der Waals surface area contributed by atoms with Crippen LogP contribution in [0, 0.1) is 0 Å². The van der Waals surface area contributed by atoms with Crippen molar-refractivity contribution in [2.75, 3.05) is 0 Å². The Kier molecular flexibility index (Phi) is 2.49. The maximum Gasteiger partial charge on any atom is 0.404 e. The number of carbonyl (C=O) groups excluding carboxylic acids is 1. The predicted octanol–water partition coefficient (Wildman–Crippen LogP) is 1.10. The van der Waals surface area contributed by atoms with Gasteiger partial charge in [0.2, 0.25) is 0 Å². The zero-order valence-corrected chi connectivity index (χ0v) is 9.07. The van der Waals surface area contributed by atoms with E-state index in [0.717, 1.165) is 0 Å². The third-order valence-electron chi connectivity index (χ3n) is 2.85. The SMILES string of the molecule is CC1(C)CC(OC(N)=O)C(C)(C)N1O. The van der Waals surface area contributed by atoms with Crippen LogP contribution in [0.5, 0.6) is 0 Å². The molecule has 1 rings (SSSR count). The zero-order chi connectivity index (χ0) is 11.1. The van der Waals surface area contributed by atoms with E-state index in [1.807, 2.05) is 27.7 Å². The first-order valence-corrected chi connectivity index (χ1v) is 4.63. The van der Waals surface area contributed by atoms with E-state index in [2.05, 4.69) is 0 Å². The molecule has 0 aliphatic carbocycles. The van der Waals surface area contributed by atoms with E-state index in [1.165, 1.54) is 5.06 Å². The van der Waals surface area contributed by atoms with Crippen LogP contribution in [0.25, 0.3) is 0 Å². The maximum atomic E-state index is 10.7. The number of carbonyl (C=O) groups is 1. The molecule has 5 heteroatoms. The van der Waals surface area contributed by atoms with Gasteiger partial charge in [0.1, 0.15) is 6.10 Å². The van der Waals surface area contributed by atoms with Crippen molar-refractivity contribution in [2.45, 2.75) is 51.3 Å². The van der Waals surface area contributed by atoms with Crippen LogP contribution in [0.4, 0.5) is 4.79 Å². The van der Waals surface area contributed by atoms with Gasteiger partial charge in [-0.2, -0.15) is 5.06 Å². The van der Waals surface area contributed by atoms with Crippen molar-refractivity contribution in [3.05, 3.63) is 0 Å². The van der Waals surface area contributed by atoms with Crippen LogP contribution in [-0.2, 0) is 4.74 Å². The van der Waals surface area contributed by atoms with E-state index in [0.29, 0.717) is 6.42 Å². The van der Waals surface area contributed by atoms with Gasteiger partial charge >= 0.3 is 6.09 Å². The Balaban J connectivity index is 2.85. The summed E-state index contributed by atoms with van der Waals surface area (Å²) in [5, 5.41) is 11.1. The lowest BCUT2D eigenvalue weighted by Gasteiger charge is -2.34. The molecule has 1 amide bonds. The fourth-order valence-corrected chi connectivity index (χ4v) is 2.03. The van der Waals surface area contributed by atoms with Gasteiger partial charge in [0.25, 0.3) is 0 Å². The number of hydroxylamine groups is 2. The Morgan fingerprint density at radius 1 is 1.50 bits per heavy atom. The number of amides is 1. The molecule has 1 heterocycles. The molecule has 82 valence electrons. The second kappa shape index (κ2) is 3.10. The van der Waals surface area contributed by atoms with Crippen molar-refractivity contribution in [3.8, 4) is 0 Å². The monoisotopic (exact) mass is 202 g/mol. The summed E-state index contributed by atoms with van der Waals surface area (Å²) in [6.07, 6.45) is -0.603. The smallest absolute Gasteiger partial charge is 0.404 e. The van der Waals surface area contributed by atoms with Gasteiger partial charge < -0.3 is 15.7 Å². The number of hydrogen-bond acceptors (Lipinski definition) is 4. The molecule has 0 spiro atoms. The third kappa shape index (κ3) is 1.69. The molecule has 1 fully saturated rings. The van der Waals surface area contributed by atoms with Gasteiger partial charge in [0.15, 0.2) is 0 Å². The Bertz CT molecular complexity index is 250. The fraction of sp³-hybridized carbons (Fsp3) is 0.889. The number of nitrogens with zero attached hydrogens (tertiary/aromatic N) is 1. The Labute approximate surface area is 83.8 Å². The van der Waals surface area contributed by atoms with Crippen molar-refractivity contribution >= 4 is 6.09 Å². The molecular weight excluding hydrogens is 184 g/mol. The molecule has 14 heavy (non-hydrogen) atoms. The summed E-state index contributed by atoms with van der Waals surface area (Å²) in [5.74, 6) is 0. The van der Waals surface area contributed by atoms with Gasteiger partial charge in [-0.05, 0) is 27.7 Å². The van der Waals surface area contributed by atoms with Gasteiger partial charge in [-0.3, -0.25) is 0 Å². The van der Waals surface area contributed by atoms with Crippen molar-refractivity contribution in [2.24, 2.45) is 5.73 Å². The number of ether oxygens (including phenoxy) is 1. The Morgan fingerprint density at radius 2 is 2.00 bits per heavy atom. The molecule has 3 N–H and O–H groups in total. The molecule has 1 atom stereocenters. The van der Waals surface area contributed by atoms with Crippen molar-refractivity contribution < 1.29 is 14.7 Å². The van der Waals surface area contributed by atoms with Crippen molar-refractivity contribution in [1.82, 2.24) is 5.06 Å². The van der Waals surface area contributed by atoms with Gasteiger partial charge in [0, 0.05) is 12.0 Å². The minimum Gasteiger partial charge on any atom is -0.444 e. The second-order valence-corrected chi connectivity index (χ2v) is 4.91. The first-order chi connectivity index (χ1) is 6.18. The van der Waals surface area contributed by atoms with Crippen LogP contribution in [0.2, 0.25) is 0 Å². The van der Waals surface area contributed by atoms with Gasteiger partial charge in [-0.25, -0.2) is 4.79 Å². The summed E-state index contributed by atoms with van der Waals surface area (Å²) in [7, 11) is 0. The molecule has 0 aromatic carbocycles. The van der Waals surface area contributed by atoms with Crippen LogP contribution in [-0.4, -0.2) is 33.5 Å². The van der Waals surface area contributed by atoms with E-state index in [9.17, 15) is 10.0 Å². The zero-order valence-electron chi connectivity index (χ0n) is 9.07. The first kappa shape index (κ1) is 11.3. The first-order valence-electron chi connectivity index (χ1n) is 4.63. The van der Waals surface area contributed by atoms with Gasteiger partial charge in [-0.15, -0.1) is 0 Å². The number of hydrogen-bond donors (Lipinski definition) is 2. The van der Waals surface area contributed by atoms with Crippen molar-refractivity contribution in [1.29, 1.82) is 0 Å². The lowest BCUT2D eigenvalue weighted by molar-refractivity contribution is -0.200. The van der Waals surface area contributed by atoms with E-state index in [1.54, 1.807) is 0 Å². The molecule has 0 aromatic rings. The summed E-state index contributed by atoms with van der Waals surface area (Å²) < 4.78 is 4.97. The van der Waals surface area contributed by atoms with Crippen LogP contribution in [0.3, 0.4) is 0 Å². The minimum atomic E-state index is -0.797. The summed E-state index contributed by atoms with van der Waals surface area (Å²) in [6.45, 7) is 7.41. The topological polar surface area (TPSA) is 75.8 Å². The van der Waals surface area contributed by atoms with E-state index in [-0.39, 0.29) is 6.10 Å². The van der Waals surface area contributed by atoms with Gasteiger partial charge in [-0.1, -0.05) is 0 Å². The largest absolute Gasteiger partial charge is 0.444 e. The quantitative estimate of drug-likeness (QED) is 0.667. The third-order valence-corrected chi connectivity index (χ3v) is 2.85. The summed E-state index contributed by atoms with van der Waals surface area (Å²) in [5.41, 5.74) is 3.97. The standard InChI is InChI=1S/C9H18N2O3/c1-8(2)5-6(14-7(10)12)9(3,4)11(8)13/h6,13H,5H2,1-4H3,(H2,10,12). The maximum absolute atomic E-state index is 10.7. The van der Waals surface area contributed by atoms with E-state index < -0.39 is 17.2 Å². The van der Waals surface area contributed by atoms with Crippen molar-refractivity contribution in [3.63, 3.8) is 0 Å². The Hall–Kier alpha value is -0.810. The highest BCUT2D eigenvalue weighted by atomic mass is 16.6. The van der Waals surface area contributed by atoms with Crippen LogP contribution in [0.15, 0.2) is 0 Å². The summed E-state index contributed by atoms with van der Waals surface area (Å²) in [6, 6.07) is 0. The van der Waals surface area contributed by atoms with E-state index in [4.69, 9.17) is 10.5 Å². The Morgan fingerprint density at radius 3 is 2.29 bits per heavy atom. The molecule has 1 unspecified atom stereocenters. The lowest BCUT2D eigenvalue weighted by Crippen LogP contribution is -2.49. The molecule has 0 aromatic heterocycles. The second-order valence-electron chi connectivity index (χ2n) is 4.91. The normalized spacial score (nSPS) is 30.2. The molecule has 1 aliphatic heterocycles. The summed E-state index contributed by atoms with van der Waals surface area (Å²) in [4.78, 5) is 10.7. The molecule has 0 saturated carbocycles. The molecule has 5 nitrogen and oxygen atoms in total. The lowest BCUT2D eigenvalue weighted by atomic mass is 9.97. The highest BCUT2D eigenvalue weighted by Crippen LogP contribution is 2.40. The van der Waals surface area contributed by atoms with Gasteiger partial charge in [0.05, 0.1) is 5.54 Å².